The number of carbonyl (C=O) groups excluding carboxylic acids is 1. The molecule has 0 saturated carbocycles. The van der Waals surface area contributed by atoms with Gasteiger partial charge in [0.25, 0.3) is 5.56 Å². The fraction of sp³-hybridized carbons (Fsp3) is 0.185. The average Bonchev–Trinajstić information content (AvgIpc) is 3.39. The number of carbonyl (C=O) groups is 1. The standard InChI is InChI=1S/C27H21NO5/c1-31-21-12-11-19-22-24(17-8-4-5-9-18(17)25(22)29)28(27(30)23(19)26(21)32-2)14-16-13-15-7-3-6-10-20(15)33-16/h3-12,16H,13-14H2,1-2H3/t16-/m0/s1. The average molecular weight is 439 g/mol. The molecular weight excluding hydrogens is 418 g/mol. The number of nitrogens with zero attached hydrogens (tertiary/aromatic N) is 1. The van der Waals surface area contributed by atoms with E-state index in [1.807, 2.05) is 42.5 Å². The topological polar surface area (TPSA) is 66.8 Å². The molecule has 2 heterocycles. The lowest BCUT2D eigenvalue weighted by atomic mass is 10.0. The zero-order valence-electron chi connectivity index (χ0n) is 18.3. The van der Waals surface area contributed by atoms with Crippen molar-refractivity contribution in [3.8, 4) is 28.5 Å². The van der Waals surface area contributed by atoms with E-state index in [0.29, 0.717) is 52.1 Å². The van der Waals surface area contributed by atoms with Crippen molar-refractivity contribution in [2.45, 2.75) is 19.1 Å². The van der Waals surface area contributed by atoms with E-state index in [-0.39, 0.29) is 17.4 Å². The molecule has 0 spiro atoms. The molecule has 0 bridgehead atoms. The third-order valence-corrected chi connectivity index (χ3v) is 6.53. The minimum Gasteiger partial charge on any atom is -0.493 e. The van der Waals surface area contributed by atoms with Gasteiger partial charge in [0.2, 0.25) is 0 Å². The second-order valence-electron chi connectivity index (χ2n) is 8.29. The van der Waals surface area contributed by atoms with Gasteiger partial charge in [-0.05, 0) is 23.8 Å². The summed E-state index contributed by atoms with van der Waals surface area (Å²) in [6.07, 6.45) is 0.474. The number of pyridine rings is 1. The predicted octanol–water partition coefficient (Wildman–Crippen LogP) is 4.23. The Hall–Kier alpha value is -4.06. The minimum atomic E-state index is -0.233. The van der Waals surface area contributed by atoms with Crippen LogP contribution < -0.4 is 19.8 Å². The van der Waals surface area contributed by atoms with Gasteiger partial charge in [-0.25, -0.2) is 0 Å². The summed E-state index contributed by atoms with van der Waals surface area (Å²) in [7, 11) is 3.03. The van der Waals surface area contributed by atoms with Crippen LogP contribution in [0.2, 0.25) is 0 Å². The molecule has 0 amide bonds. The van der Waals surface area contributed by atoms with Gasteiger partial charge in [0.1, 0.15) is 11.9 Å². The highest BCUT2D eigenvalue weighted by molar-refractivity contribution is 6.27. The highest BCUT2D eigenvalue weighted by Crippen LogP contribution is 2.43. The van der Waals surface area contributed by atoms with E-state index in [1.54, 1.807) is 22.8 Å². The summed E-state index contributed by atoms with van der Waals surface area (Å²) in [4.78, 5) is 27.5. The predicted molar refractivity (Wildman–Crippen MR) is 125 cm³/mol. The first-order valence-electron chi connectivity index (χ1n) is 10.8. The quantitative estimate of drug-likeness (QED) is 0.419. The van der Waals surface area contributed by atoms with Crippen LogP contribution in [0.25, 0.3) is 22.0 Å². The lowest BCUT2D eigenvalue weighted by Gasteiger charge is -2.20. The molecule has 6 rings (SSSR count). The number of benzene rings is 3. The molecule has 164 valence electrons. The minimum absolute atomic E-state index is 0.0952. The van der Waals surface area contributed by atoms with Crippen molar-refractivity contribution >= 4 is 16.6 Å². The molecule has 4 aromatic rings. The third-order valence-electron chi connectivity index (χ3n) is 6.53. The molecule has 2 aliphatic rings. The van der Waals surface area contributed by atoms with Crippen LogP contribution in [-0.2, 0) is 13.0 Å². The maximum Gasteiger partial charge on any atom is 0.262 e. The van der Waals surface area contributed by atoms with Gasteiger partial charge in [-0.15, -0.1) is 0 Å². The van der Waals surface area contributed by atoms with Crippen molar-refractivity contribution in [3.05, 3.63) is 87.7 Å². The van der Waals surface area contributed by atoms with Crippen LogP contribution in [-0.4, -0.2) is 30.7 Å². The lowest BCUT2D eigenvalue weighted by Crippen LogP contribution is -2.31. The molecule has 0 unspecified atom stereocenters. The number of aromatic nitrogens is 1. The molecule has 1 aliphatic heterocycles. The van der Waals surface area contributed by atoms with Crippen LogP contribution in [0.5, 0.6) is 17.2 Å². The Morgan fingerprint density at radius 2 is 1.70 bits per heavy atom. The van der Waals surface area contributed by atoms with Gasteiger partial charge >= 0.3 is 0 Å². The van der Waals surface area contributed by atoms with Crippen molar-refractivity contribution in [2.75, 3.05) is 14.2 Å². The van der Waals surface area contributed by atoms with E-state index in [0.717, 1.165) is 16.9 Å². The molecule has 6 nitrogen and oxygen atoms in total. The molecule has 3 aromatic carbocycles. The van der Waals surface area contributed by atoms with Crippen LogP contribution >= 0.6 is 0 Å². The molecule has 0 N–H and O–H groups in total. The largest absolute Gasteiger partial charge is 0.493 e. The van der Waals surface area contributed by atoms with Gasteiger partial charge in [0.05, 0.1) is 37.4 Å². The van der Waals surface area contributed by atoms with Crippen LogP contribution in [0, 0.1) is 0 Å². The molecule has 1 atom stereocenters. The number of rotatable bonds is 4. The van der Waals surface area contributed by atoms with Gasteiger partial charge < -0.3 is 18.8 Å². The SMILES string of the molecule is COc1ccc2c3c(n(C[C@@H]4Cc5ccccc5O4)c(=O)c2c1OC)-c1ccccc1C3=O. The first kappa shape index (κ1) is 19.6. The van der Waals surface area contributed by atoms with Gasteiger partial charge in [0.15, 0.2) is 17.3 Å². The first-order chi connectivity index (χ1) is 16.1. The van der Waals surface area contributed by atoms with Crippen LogP contribution in [0.1, 0.15) is 21.5 Å². The van der Waals surface area contributed by atoms with Crippen molar-refractivity contribution in [1.82, 2.24) is 4.57 Å². The number of hydrogen-bond acceptors (Lipinski definition) is 5. The number of ketones is 1. The molecule has 0 radical (unpaired) electrons. The van der Waals surface area contributed by atoms with E-state index in [4.69, 9.17) is 14.2 Å². The molecule has 0 fully saturated rings. The Kier molecular flexibility index (Phi) is 4.30. The zero-order chi connectivity index (χ0) is 22.7. The fourth-order valence-corrected chi connectivity index (χ4v) is 5.11. The summed E-state index contributed by atoms with van der Waals surface area (Å²) < 4.78 is 18.9. The van der Waals surface area contributed by atoms with Crippen LogP contribution in [0.3, 0.4) is 0 Å². The van der Waals surface area contributed by atoms with Gasteiger partial charge in [-0.2, -0.15) is 0 Å². The molecule has 6 heteroatoms. The molecule has 33 heavy (non-hydrogen) atoms. The van der Waals surface area contributed by atoms with Gasteiger partial charge in [-0.1, -0.05) is 42.5 Å². The summed E-state index contributed by atoms with van der Waals surface area (Å²) in [5, 5.41) is 0.910. The summed E-state index contributed by atoms with van der Waals surface area (Å²) in [5.74, 6) is 1.52. The Labute approximate surface area is 189 Å². The Bertz CT molecular complexity index is 1490. The highest BCUT2D eigenvalue weighted by atomic mass is 16.5. The number of ether oxygens (including phenoxy) is 3. The maximum atomic E-state index is 14.0. The van der Waals surface area contributed by atoms with Crippen molar-refractivity contribution in [1.29, 1.82) is 0 Å². The molecule has 1 aliphatic carbocycles. The summed E-state index contributed by atoms with van der Waals surface area (Å²) in [5.41, 5.74) is 3.40. The molecular formula is C27H21NO5. The first-order valence-corrected chi connectivity index (χ1v) is 10.8. The zero-order valence-corrected chi connectivity index (χ0v) is 18.3. The monoisotopic (exact) mass is 439 g/mol. The smallest absolute Gasteiger partial charge is 0.262 e. The van der Waals surface area contributed by atoms with E-state index in [9.17, 15) is 9.59 Å². The summed E-state index contributed by atoms with van der Waals surface area (Å²) >= 11 is 0. The number of hydrogen-bond donors (Lipinski definition) is 0. The Morgan fingerprint density at radius 1 is 0.939 bits per heavy atom. The maximum absolute atomic E-state index is 14.0. The number of methoxy groups -OCH3 is 2. The van der Waals surface area contributed by atoms with E-state index >= 15 is 0 Å². The highest BCUT2D eigenvalue weighted by Gasteiger charge is 2.35. The second-order valence-corrected chi connectivity index (χ2v) is 8.29. The van der Waals surface area contributed by atoms with Crippen molar-refractivity contribution < 1.29 is 19.0 Å². The number of fused-ring (bicyclic) bond motifs is 6. The van der Waals surface area contributed by atoms with Gasteiger partial charge in [0, 0.05) is 22.9 Å². The van der Waals surface area contributed by atoms with Crippen LogP contribution in [0.4, 0.5) is 0 Å². The van der Waals surface area contributed by atoms with Crippen molar-refractivity contribution in [3.63, 3.8) is 0 Å². The lowest BCUT2D eigenvalue weighted by molar-refractivity contribution is 0.104. The van der Waals surface area contributed by atoms with Crippen molar-refractivity contribution in [2.24, 2.45) is 0 Å². The molecule has 0 saturated heterocycles. The summed E-state index contributed by atoms with van der Waals surface area (Å²) in [6.45, 7) is 0.313. The van der Waals surface area contributed by atoms with E-state index in [1.165, 1.54) is 14.2 Å². The number of para-hydroxylation sites is 1. The fourth-order valence-electron chi connectivity index (χ4n) is 5.11. The summed E-state index contributed by atoms with van der Waals surface area (Å²) in [6, 6.07) is 18.8. The second kappa shape index (κ2) is 7.24. The third kappa shape index (κ3) is 2.73. The van der Waals surface area contributed by atoms with Crippen LogP contribution in [0.15, 0.2) is 65.5 Å². The molecule has 1 aromatic heterocycles. The van der Waals surface area contributed by atoms with E-state index < -0.39 is 0 Å². The normalized spacial score (nSPS) is 15.7. The Balaban J connectivity index is 1.63. The Morgan fingerprint density at radius 3 is 2.45 bits per heavy atom. The van der Waals surface area contributed by atoms with Gasteiger partial charge in [-0.3, -0.25) is 9.59 Å². The van der Waals surface area contributed by atoms with E-state index in [2.05, 4.69) is 0 Å².